The normalized spacial score (nSPS) is 25.9. The molecular weight excluding hydrogens is 1670 g/mol. The van der Waals surface area contributed by atoms with E-state index in [4.69, 9.17) is 62.8 Å². The van der Waals surface area contributed by atoms with E-state index in [1.165, 1.54) is 123 Å². The summed E-state index contributed by atoms with van der Waals surface area (Å²) >= 11 is 0. The molecule has 25 rings (SSSR count). The Balaban J connectivity index is 0.0000000993. The third-order valence-corrected chi connectivity index (χ3v) is 29.4. The predicted octanol–water partition coefficient (Wildman–Crippen LogP) is 14.0. The van der Waals surface area contributed by atoms with E-state index in [0.717, 1.165) is 116 Å². The van der Waals surface area contributed by atoms with Crippen molar-refractivity contribution < 1.29 is 33.5 Å². The van der Waals surface area contributed by atoms with Crippen molar-refractivity contribution in [2.24, 2.45) is 71.4 Å². The van der Waals surface area contributed by atoms with E-state index in [2.05, 4.69) is 234 Å². The highest BCUT2D eigenvalue weighted by Gasteiger charge is 2.54. The molecule has 133 heavy (non-hydrogen) atoms. The number of aromatic hydroxyl groups is 1. The predicted molar refractivity (Wildman–Crippen MR) is 519 cm³/mol. The Hall–Kier alpha value is -14.9. The molecule has 0 saturated carbocycles. The number of pyridine rings is 4. The number of benzene rings is 7. The maximum absolute atomic E-state index is 11.6. The van der Waals surface area contributed by atoms with Gasteiger partial charge in [0.25, 0.3) is 36.1 Å². The molecule has 27 heteroatoms. The molecule has 7 aromatic carbocycles. The molecule has 6 aromatic heterocycles. The molecule has 0 fully saturated rings. The van der Waals surface area contributed by atoms with E-state index in [-0.39, 0.29) is 93.2 Å². The molecule has 6 aliphatic heterocycles. The van der Waals surface area contributed by atoms with Crippen LogP contribution in [0, 0.1) is 13.8 Å². The fraction of sp³-hybridized carbons (Fsp3) is 0.311. The van der Waals surface area contributed by atoms with Crippen molar-refractivity contribution in [2.45, 2.75) is 202 Å². The number of aromatic amines is 2. The van der Waals surface area contributed by atoms with Gasteiger partial charge in [0.2, 0.25) is 5.56 Å². The molecule has 0 amide bonds. The number of aryl methyl sites for hydroxylation is 3. The molecule has 15 N–H and O–H groups in total. The average molecular weight is 1780 g/mol. The van der Waals surface area contributed by atoms with Gasteiger partial charge in [-0.3, -0.25) is 24.4 Å². The summed E-state index contributed by atoms with van der Waals surface area (Å²) in [6, 6.07) is 60.3. The molecule has 6 aliphatic carbocycles. The number of hydrogen-bond donors (Lipinski definition) is 9. The van der Waals surface area contributed by atoms with Crippen molar-refractivity contribution in [2.75, 3.05) is 0 Å². The highest BCUT2D eigenvalue weighted by molar-refractivity contribution is 5.97. The van der Waals surface area contributed by atoms with Crippen LogP contribution in [-0.4, -0.2) is 146 Å². The summed E-state index contributed by atoms with van der Waals surface area (Å²) in [5.41, 5.74) is 66.1. The van der Waals surface area contributed by atoms with Crippen LogP contribution in [0.2, 0.25) is 0 Å². The van der Waals surface area contributed by atoms with Gasteiger partial charge in [0.1, 0.15) is 75.6 Å². The second-order valence-electron chi connectivity index (χ2n) is 37.5. The number of H-pyrrole nitrogens is 2. The van der Waals surface area contributed by atoms with E-state index in [9.17, 15) is 9.90 Å². The highest BCUT2D eigenvalue weighted by atomic mass is 16.5. The second kappa shape index (κ2) is 33.5. The molecule has 676 valence electrons. The maximum Gasteiger partial charge on any atom is 0.282 e. The maximum atomic E-state index is 11.6. The first-order valence-electron chi connectivity index (χ1n) is 45.5. The van der Waals surface area contributed by atoms with Crippen molar-refractivity contribution in [3.05, 3.63) is 314 Å². The number of ether oxygens (including phenoxy) is 6. The topological polar surface area (TPSA) is 411 Å². The zero-order valence-corrected chi connectivity index (χ0v) is 76.0. The van der Waals surface area contributed by atoms with Gasteiger partial charge in [-0.2, -0.15) is 5.10 Å². The summed E-state index contributed by atoms with van der Waals surface area (Å²) in [4.78, 5) is 57.7. The largest absolute Gasteiger partial charge is 0.506 e. The van der Waals surface area contributed by atoms with Crippen molar-refractivity contribution in [3.8, 4) is 72.5 Å². The van der Waals surface area contributed by atoms with Crippen molar-refractivity contribution in [3.63, 3.8) is 0 Å². The fourth-order valence-corrected chi connectivity index (χ4v) is 22.3. The Bertz CT molecular complexity index is 6940. The van der Waals surface area contributed by atoms with Crippen LogP contribution in [0.4, 0.5) is 0 Å². The molecule has 12 atom stereocenters. The number of aliphatic imine (C=N–C) groups is 6. The van der Waals surface area contributed by atoms with Gasteiger partial charge in [-0.1, -0.05) is 127 Å². The van der Waals surface area contributed by atoms with Crippen LogP contribution in [0.1, 0.15) is 120 Å². The Morgan fingerprint density at radius 3 is 1.08 bits per heavy atom. The minimum Gasteiger partial charge on any atom is -0.506 e. The first-order valence-corrected chi connectivity index (χ1v) is 45.5. The van der Waals surface area contributed by atoms with Gasteiger partial charge in [-0.15, -0.1) is 0 Å². The van der Waals surface area contributed by atoms with E-state index in [1.807, 2.05) is 93.8 Å². The summed E-state index contributed by atoms with van der Waals surface area (Å²) in [7, 11) is 1.94. The van der Waals surface area contributed by atoms with Crippen LogP contribution >= 0.6 is 0 Å². The molecule has 0 saturated heterocycles. The molecule has 0 unspecified atom stereocenters. The van der Waals surface area contributed by atoms with E-state index < -0.39 is 0 Å². The Morgan fingerprint density at radius 2 is 0.714 bits per heavy atom. The van der Waals surface area contributed by atoms with Crippen LogP contribution in [0.15, 0.2) is 260 Å². The molecule has 6 spiro atoms. The van der Waals surface area contributed by atoms with E-state index in [0.29, 0.717) is 24.1 Å². The van der Waals surface area contributed by atoms with Crippen LogP contribution < -0.4 is 40.0 Å². The summed E-state index contributed by atoms with van der Waals surface area (Å²) < 4.78 is 35.4. The van der Waals surface area contributed by atoms with Crippen LogP contribution in [-0.2, 0) is 113 Å². The molecule has 12 heterocycles. The number of hydrogen-bond acceptors (Lipinski definition) is 24. The van der Waals surface area contributed by atoms with Crippen molar-refractivity contribution >= 4 is 47.0 Å². The minimum atomic E-state index is -0.314. The smallest absolute Gasteiger partial charge is 0.282 e. The highest BCUT2D eigenvalue weighted by Crippen LogP contribution is 2.51. The van der Waals surface area contributed by atoms with Gasteiger partial charge in [0, 0.05) is 167 Å². The van der Waals surface area contributed by atoms with Gasteiger partial charge < -0.3 is 77.9 Å². The number of rotatable bonds is 6. The van der Waals surface area contributed by atoms with Crippen molar-refractivity contribution in [1.29, 1.82) is 0 Å². The number of aromatic nitrogens is 7. The third-order valence-electron chi connectivity index (χ3n) is 29.4. The summed E-state index contributed by atoms with van der Waals surface area (Å²) in [5, 5.41) is 15.6. The first kappa shape index (κ1) is 86.2. The lowest BCUT2D eigenvalue weighted by Gasteiger charge is -2.23. The summed E-state index contributed by atoms with van der Waals surface area (Å²) in [5.74, 6) is 0.190. The molecule has 0 bridgehead atoms. The average Bonchev–Trinajstić information content (AvgIpc) is 1.62. The Morgan fingerprint density at radius 1 is 0.361 bits per heavy atom. The first-order chi connectivity index (χ1) is 64.1. The van der Waals surface area contributed by atoms with Gasteiger partial charge >= 0.3 is 0 Å². The van der Waals surface area contributed by atoms with Gasteiger partial charge in [0.05, 0.1) is 12.4 Å². The lowest BCUT2D eigenvalue weighted by atomic mass is 9.90. The number of para-hydroxylation sites is 1. The van der Waals surface area contributed by atoms with Gasteiger partial charge in [-0.05, 0) is 214 Å². The Labute approximate surface area is 771 Å². The molecular formula is C106H109N19O8. The van der Waals surface area contributed by atoms with Crippen molar-refractivity contribution in [1.82, 2.24) is 34.7 Å². The van der Waals surface area contributed by atoms with E-state index >= 15 is 0 Å². The zero-order chi connectivity index (χ0) is 92.2. The monoisotopic (exact) mass is 1780 g/mol. The quantitative estimate of drug-likeness (QED) is 0.0746. The fourth-order valence-electron chi connectivity index (χ4n) is 22.3. The number of nitrogens with two attached hydrogens (primary N) is 6. The van der Waals surface area contributed by atoms with Gasteiger partial charge in [0.15, 0.2) is 0 Å². The zero-order valence-electron chi connectivity index (χ0n) is 76.0. The van der Waals surface area contributed by atoms with Gasteiger partial charge in [-0.25, -0.2) is 30.0 Å². The van der Waals surface area contributed by atoms with Crippen LogP contribution in [0.5, 0.6) is 5.75 Å². The number of fused-ring (bicyclic) bond motifs is 7. The standard InChI is InChI=1S/C20H19N3O.2C18H19N3O.2C17H17N3O2.C16H18N4O/c1-12-20(23-19(21)24-12)9-13-5-4-7-14(16(13)10-20)17-11-22-18-8-3-2-6-15(17)18;1-11-10-20-7-6-14(11)15-5-3-4-13-8-18(9-16(13)15)12(2)22-17(19)21-18;1-11-8-13(6-7-20-11)15-5-3-4-14-9-18(10-16(14)15)12(2)22-17(19)21-18;1-10-17(20-16(18)22-10)8-12-3-2-4-13(14(12)9-17)11-5-6-19-15(21)7-11;1-10-17(20-16(18)22-10)7-11-3-2-4-12(14(11)8-17)13-5-6-19-9-15(13)21;1-10-16(19-15(17)21-10)6-11-4-3-5-13(14(11)7-16)12-8-18-20(2)9-12/h2-8,11-12,22H,9-10H2,1H3,(H2,21,23);3-7,10,12H,8-9H2,1-2H3,(H2,19,21);3-8,12H,9-10H2,1-2H3,(H2,19,21);2-7,10H,8-9H2,1H3,(H2,18,20)(H,19,21);2-6,9-10,21H,7-8H2,1H3,(H2,18,20);3-5,8-10H,6-7H2,1-2H3,(H2,17,19)/t12-,20-;2*12-,18-;2*10-,17-;10-,16-/m111111/s1. The third kappa shape index (κ3) is 15.7. The molecule has 13 aromatic rings. The molecule has 12 aliphatic rings. The lowest BCUT2D eigenvalue weighted by molar-refractivity contribution is 0.157. The molecule has 27 nitrogen and oxygen atoms in total. The SMILES string of the molecule is C[C@H]1OC(N)=N[C@@]12Cc1cccc(-c3c[nH]c4ccccc34)c1C2.C[C@H]1OC(N)=N[C@@]12Cc1cccc(-c3cc[nH]c(=O)c3)c1C2.C[C@H]1OC(N)=N[C@@]12Cc1cccc(-c3ccncc3O)c1C2.C[C@H]1OC(N)=N[C@@]12Cc1cccc(-c3cnn(C)c3)c1C2.Cc1cc(-c2cccc3c2C[C@@]2(C3)N=C(N)O[C@@H]2C)ccn1.Cc1cnccc1-c1cccc2c1C[C@@]1(C2)N=C(N)O[C@@H]1C. The summed E-state index contributed by atoms with van der Waals surface area (Å²) in [6.45, 7) is 16.4. The lowest BCUT2D eigenvalue weighted by Crippen LogP contribution is -2.36. The minimum absolute atomic E-state index is 0.0146. The molecule has 0 radical (unpaired) electrons. The Kier molecular flexibility index (Phi) is 21.7. The van der Waals surface area contributed by atoms with E-state index in [1.54, 1.807) is 18.5 Å². The number of amidine groups is 6. The second-order valence-corrected chi connectivity index (χ2v) is 37.5. The number of nitrogens with zero attached hydrogens (tertiary/aromatic N) is 11. The summed E-state index contributed by atoms with van der Waals surface area (Å²) in [6.07, 6.45) is 26.8. The van der Waals surface area contributed by atoms with Crippen LogP contribution in [0.3, 0.4) is 0 Å². The van der Waals surface area contributed by atoms with Crippen LogP contribution in [0.25, 0.3) is 77.7 Å². The number of nitrogens with one attached hydrogen (secondary N) is 2.